The Balaban J connectivity index is 1.97. The first-order valence-corrected chi connectivity index (χ1v) is 8.17. The van der Waals surface area contributed by atoms with Gasteiger partial charge in [0.15, 0.2) is 0 Å². The third-order valence-electron chi connectivity index (χ3n) is 4.75. The number of aliphatic hydroxyl groups excluding tert-OH is 1. The summed E-state index contributed by atoms with van der Waals surface area (Å²) in [4.78, 5) is 2.58. The number of morpholine rings is 1. The summed E-state index contributed by atoms with van der Waals surface area (Å²) in [5.74, 6) is 0. The lowest BCUT2D eigenvalue weighted by Gasteiger charge is -2.44. The summed E-state index contributed by atoms with van der Waals surface area (Å²) < 4.78 is 6.00. The fourth-order valence-corrected chi connectivity index (χ4v) is 3.94. The number of nitrogens with zero attached hydrogens (tertiary/aromatic N) is 1. The average Bonchev–Trinajstić information content (AvgIpc) is 2.79. The summed E-state index contributed by atoms with van der Waals surface area (Å²) >= 11 is 0. The molecule has 0 radical (unpaired) electrons. The third kappa shape index (κ3) is 3.73. The minimum atomic E-state index is -0.0566. The lowest BCUT2D eigenvalue weighted by atomic mass is 9.97. The number of hydrogen-bond acceptors (Lipinski definition) is 4. The van der Waals surface area contributed by atoms with Gasteiger partial charge in [0.2, 0.25) is 0 Å². The van der Waals surface area contributed by atoms with Gasteiger partial charge in [0.1, 0.15) is 0 Å². The van der Waals surface area contributed by atoms with E-state index in [1.54, 1.807) is 0 Å². The smallest absolute Gasteiger partial charge is 0.0757 e. The molecule has 1 saturated carbocycles. The maximum atomic E-state index is 9.81. The van der Waals surface area contributed by atoms with E-state index in [2.05, 4.69) is 37.9 Å². The Morgan fingerprint density at radius 3 is 2.75 bits per heavy atom. The van der Waals surface area contributed by atoms with Crippen LogP contribution in [0.1, 0.15) is 53.4 Å². The van der Waals surface area contributed by atoms with E-state index in [0.717, 1.165) is 38.9 Å². The van der Waals surface area contributed by atoms with Crippen molar-refractivity contribution in [3.05, 3.63) is 0 Å². The van der Waals surface area contributed by atoms with Crippen molar-refractivity contribution in [1.29, 1.82) is 0 Å². The highest BCUT2D eigenvalue weighted by Gasteiger charge is 2.43. The van der Waals surface area contributed by atoms with E-state index in [1.807, 2.05) is 0 Å². The summed E-state index contributed by atoms with van der Waals surface area (Å²) in [7, 11) is 0. The number of ether oxygens (including phenoxy) is 1. The number of hydrogen-bond donors (Lipinski definition) is 2. The monoisotopic (exact) mass is 284 g/mol. The van der Waals surface area contributed by atoms with E-state index in [-0.39, 0.29) is 17.7 Å². The van der Waals surface area contributed by atoms with Crippen LogP contribution in [0.4, 0.5) is 0 Å². The van der Waals surface area contributed by atoms with Crippen LogP contribution < -0.4 is 5.32 Å². The van der Waals surface area contributed by atoms with Gasteiger partial charge in [-0.25, -0.2) is 0 Å². The Morgan fingerprint density at radius 2 is 2.15 bits per heavy atom. The molecule has 0 spiro atoms. The van der Waals surface area contributed by atoms with Crippen LogP contribution in [-0.2, 0) is 4.74 Å². The van der Waals surface area contributed by atoms with Crippen molar-refractivity contribution in [2.75, 3.05) is 26.2 Å². The van der Waals surface area contributed by atoms with Gasteiger partial charge in [-0.2, -0.15) is 0 Å². The molecule has 1 aliphatic carbocycles. The van der Waals surface area contributed by atoms with Crippen LogP contribution in [-0.4, -0.2) is 59.5 Å². The van der Waals surface area contributed by atoms with Crippen LogP contribution in [0.15, 0.2) is 0 Å². The minimum absolute atomic E-state index is 0.0492. The van der Waals surface area contributed by atoms with Crippen molar-refractivity contribution < 1.29 is 9.84 Å². The molecular weight excluding hydrogens is 252 g/mol. The second kappa shape index (κ2) is 6.30. The van der Waals surface area contributed by atoms with Gasteiger partial charge in [-0.3, -0.25) is 4.90 Å². The number of rotatable bonds is 5. The largest absolute Gasteiger partial charge is 0.394 e. The Morgan fingerprint density at radius 1 is 1.40 bits per heavy atom. The fourth-order valence-electron chi connectivity index (χ4n) is 3.94. The highest BCUT2D eigenvalue weighted by atomic mass is 16.5. The van der Waals surface area contributed by atoms with Crippen LogP contribution in [0.3, 0.4) is 0 Å². The molecule has 0 aromatic heterocycles. The Bertz CT molecular complexity index is 322. The molecule has 1 heterocycles. The highest BCUT2D eigenvalue weighted by Crippen LogP contribution is 2.35. The molecule has 2 fully saturated rings. The maximum Gasteiger partial charge on any atom is 0.0757 e. The van der Waals surface area contributed by atoms with Crippen molar-refractivity contribution in [1.82, 2.24) is 10.2 Å². The first-order chi connectivity index (χ1) is 9.40. The lowest BCUT2D eigenvalue weighted by molar-refractivity contribution is -0.137. The molecule has 0 aromatic rings. The van der Waals surface area contributed by atoms with Gasteiger partial charge in [-0.05, 0) is 53.0 Å². The lowest BCUT2D eigenvalue weighted by Crippen LogP contribution is -2.55. The topological polar surface area (TPSA) is 44.7 Å². The molecule has 4 nitrogen and oxygen atoms in total. The molecule has 1 saturated heterocycles. The van der Waals surface area contributed by atoms with Crippen LogP contribution >= 0.6 is 0 Å². The van der Waals surface area contributed by atoms with Gasteiger partial charge < -0.3 is 15.2 Å². The molecule has 2 aliphatic rings. The summed E-state index contributed by atoms with van der Waals surface area (Å²) in [5, 5.41) is 13.4. The van der Waals surface area contributed by atoms with Gasteiger partial charge >= 0.3 is 0 Å². The zero-order valence-corrected chi connectivity index (χ0v) is 13.6. The normalized spacial score (nSPS) is 38.2. The summed E-state index contributed by atoms with van der Waals surface area (Å²) in [6.45, 7) is 12.0. The van der Waals surface area contributed by atoms with E-state index in [4.69, 9.17) is 4.74 Å². The standard InChI is InChI=1S/C16H32N2O2/c1-5-8-17-16(12-19)7-6-14(9-16)18-10-13(2)20-15(3,4)11-18/h13-14,17,19H,5-12H2,1-4H3. The molecule has 3 atom stereocenters. The minimum Gasteiger partial charge on any atom is -0.394 e. The Labute approximate surface area is 123 Å². The zero-order chi connectivity index (χ0) is 14.8. The van der Waals surface area contributed by atoms with Gasteiger partial charge in [0.25, 0.3) is 0 Å². The predicted molar refractivity (Wildman–Crippen MR) is 81.9 cm³/mol. The van der Waals surface area contributed by atoms with Crippen molar-refractivity contribution in [2.24, 2.45) is 0 Å². The van der Waals surface area contributed by atoms with Crippen LogP contribution in [0.5, 0.6) is 0 Å². The van der Waals surface area contributed by atoms with Crippen LogP contribution in [0.25, 0.3) is 0 Å². The van der Waals surface area contributed by atoms with Gasteiger partial charge in [-0.15, -0.1) is 0 Å². The highest BCUT2D eigenvalue weighted by molar-refractivity contribution is 5.01. The van der Waals surface area contributed by atoms with Crippen molar-refractivity contribution in [2.45, 2.75) is 76.7 Å². The summed E-state index contributed by atoms with van der Waals surface area (Å²) in [5.41, 5.74) is -0.106. The Hall–Kier alpha value is -0.160. The predicted octanol–water partition coefficient (Wildman–Crippen LogP) is 1.77. The van der Waals surface area contributed by atoms with Crippen LogP contribution in [0.2, 0.25) is 0 Å². The van der Waals surface area contributed by atoms with E-state index in [0.29, 0.717) is 12.1 Å². The zero-order valence-electron chi connectivity index (χ0n) is 13.6. The first-order valence-electron chi connectivity index (χ1n) is 8.17. The Kier molecular flexibility index (Phi) is 5.11. The fraction of sp³-hybridized carbons (Fsp3) is 1.00. The quantitative estimate of drug-likeness (QED) is 0.807. The summed E-state index contributed by atoms with van der Waals surface area (Å²) in [6.07, 6.45) is 4.74. The molecular formula is C16H32N2O2. The third-order valence-corrected chi connectivity index (χ3v) is 4.75. The molecule has 2 N–H and O–H groups in total. The van der Waals surface area contributed by atoms with Gasteiger partial charge in [-0.1, -0.05) is 6.92 Å². The summed E-state index contributed by atoms with van der Waals surface area (Å²) in [6, 6.07) is 0.581. The van der Waals surface area contributed by atoms with E-state index < -0.39 is 0 Å². The first kappa shape index (κ1) is 16.2. The molecule has 0 amide bonds. The van der Waals surface area contributed by atoms with E-state index >= 15 is 0 Å². The molecule has 20 heavy (non-hydrogen) atoms. The molecule has 3 unspecified atom stereocenters. The maximum absolute atomic E-state index is 9.81. The van der Waals surface area contributed by atoms with E-state index in [9.17, 15) is 5.11 Å². The molecule has 2 rings (SSSR count). The second-order valence-corrected chi connectivity index (χ2v) is 7.38. The van der Waals surface area contributed by atoms with Crippen molar-refractivity contribution >= 4 is 0 Å². The molecule has 0 bridgehead atoms. The molecule has 118 valence electrons. The van der Waals surface area contributed by atoms with E-state index in [1.165, 1.54) is 6.42 Å². The van der Waals surface area contributed by atoms with Crippen molar-refractivity contribution in [3.8, 4) is 0 Å². The van der Waals surface area contributed by atoms with Gasteiger partial charge in [0, 0.05) is 24.7 Å². The SMILES string of the molecule is CCCNC1(CO)CCC(N2CC(C)OC(C)(C)C2)C1. The van der Waals surface area contributed by atoms with Gasteiger partial charge in [0.05, 0.1) is 18.3 Å². The molecule has 4 heteroatoms. The average molecular weight is 284 g/mol. The number of aliphatic hydroxyl groups is 1. The second-order valence-electron chi connectivity index (χ2n) is 7.38. The molecule has 1 aliphatic heterocycles. The van der Waals surface area contributed by atoms with Crippen molar-refractivity contribution in [3.63, 3.8) is 0 Å². The van der Waals surface area contributed by atoms with Crippen LogP contribution in [0, 0.1) is 0 Å². The number of nitrogens with one attached hydrogen (secondary N) is 1. The molecule has 0 aromatic carbocycles.